The number of quaternary nitrogens is 1. The number of nitrogens with one attached hydrogen (secondary N) is 1. The van der Waals surface area contributed by atoms with Crippen LogP contribution in [0.5, 0.6) is 0 Å². The molecule has 10 heteroatoms. The number of allylic oxidation sites excluding steroid dienone is 5. The van der Waals surface area contributed by atoms with Gasteiger partial charge in [-0.3, -0.25) is 14.2 Å². The van der Waals surface area contributed by atoms with Gasteiger partial charge in [-0.25, -0.2) is 0 Å². The first-order valence-electron chi connectivity index (χ1n) is 36.3. The molecule has 3 atom stereocenters. The summed E-state index contributed by atoms with van der Waals surface area (Å²) in [7, 11) is 1.20. The quantitative estimate of drug-likeness (QED) is 0.0212. The van der Waals surface area contributed by atoms with Crippen LogP contribution in [0.25, 0.3) is 0 Å². The second-order valence-electron chi connectivity index (χ2n) is 26.1. The molecule has 0 heterocycles. The number of esters is 1. The summed E-state index contributed by atoms with van der Waals surface area (Å²) in [6, 6.07) is -0.886. The van der Waals surface area contributed by atoms with Gasteiger partial charge in [0.15, 0.2) is 0 Å². The van der Waals surface area contributed by atoms with E-state index in [2.05, 4.69) is 50.4 Å². The molecule has 0 spiro atoms. The molecule has 3 unspecified atom stereocenters. The number of carbonyl (C=O) groups excluding carboxylic acids is 2. The summed E-state index contributed by atoms with van der Waals surface area (Å²) >= 11 is 0. The maximum Gasteiger partial charge on any atom is 0.306 e. The van der Waals surface area contributed by atoms with Crippen molar-refractivity contribution >= 4 is 19.7 Å². The lowest BCUT2D eigenvalue weighted by molar-refractivity contribution is -0.870. The van der Waals surface area contributed by atoms with Crippen LogP contribution >= 0.6 is 7.82 Å². The zero-order valence-electron chi connectivity index (χ0n) is 56.2. The van der Waals surface area contributed by atoms with E-state index in [1.165, 1.54) is 270 Å². The molecule has 0 aromatic rings. The van der Waals surface area contributed by atoms with Gasteiger partial charge in [0.1, 0.15) is 19.3 Å². The SMILES string of the molecule is CCCCC/C=C\C/C=C\CCCCCCCCCCCCCC(=O)OC(/C=C/CCCCCCCCCCC)C(COP(=O)([O-])OCC[N+](C)(C)C)NC(=O)CCCCCCCCCCCCCCCCCCCCCCCCCCC. The molecule has 0 bridgehead atoms. The van der Waals surface area contributed by atoms with E-state index in [4.69, 9.17) is 13.8 Å². The Morgan fingerprint density at radius 2 is 0.735 bits per heavy atom. The van der Waals surface area contributed by atoms with Crippen LogP contribution in [-0.2, 0) is 27.9 Å². The second kappa shape index (κ2) is 63.3. The van der Waals surface area contributed by atoms with E-state index in [9.17, 15) is 19.0 Å². The number of amides is 1. The third-order valence-corrected chi connectivity index (χ3v) is 17.5. The van der Waals surface area contributed by atoms with Crippen LogP contribution in [0.15, 0.2) is 36.5 Å². The van der Waals surface area contributed by atoms with Gasteiger partial charge in [0.25, 0.3) is 7.82 Å². The van der Waals surface area contributed by atoms with Crippen LogP contribution < -0.4 is 10.2 Å². The van der Waals surface area contributed by atoms with Crippen molar-refractivity contribution in [2.24, 2.45) is 0 Å². The van der Waals surface area contributed by atoms with Gasteiger partial charge in [-0.2, -0.15) is 0 Å². The Labute approximate surface area is 516 Å². The molecule has 1 N–H and O–H groups in total. The summed E-state index contributed by atoms with van der Waals surface area (Å²) in [6.07, 6.45) is 78.5. The first-order valence-corrected chi connectivity index (χ1v) is 37.8. The molecule has 83 heavy (non-hydrogen) atoms. The van der Waals surface area contributed by atoms with Crippen molar-refractivity contribution in [2.75, 3.05) is 40.9 Å². The summed E-state index contributed by atoms with van der Waals surface area (Å²) < 4.78 is 30.4. The molecule has 0 radical (unpaired) electrons. The van der Waals surface area contributed by atoms with Gasteiger partial charge in [-0.05, 0) is 63.9 Å². The Morgan fingerprint density at radius 3 is 1.11 bits per heavy atom. The predicted molar refractivity (Wildman–Crippen MR) is 358 cm³/mol. The summed E-state index contributed by atoms with van der Waals surface area (Å²) in [5, 5.41) is 3.05. The predicted octanol–water partition coefficient (Wildman–Crippen LogP) is 22.4. The van der Waals surface area contributed by atoms with Gasteiger partial charge in [-0.1, -0.05) is 327 Å². The molecule has 0 aliphatic heterocycles. The Balaban J connectivity index is 4.96. The van der Waals surface area contributed by atoms with Crippen LogP contribution in [0.2, 0.25) is 0 Å². The van der Waals surface area contributed by atoms with Gasteiger partial charge in [0, 0.05) is 12.8 Å². The van der Waals surface area contributed by atoms with Crippen LogP contribution in [0.4, 0.5) is 0 Å². The van der Waals surface area contributed by atoms with Gasteiger partial charge in [-0.15, -0.1) is 0 Å². The van der Waals surface area contributed by atoms with Gasteiger partial charge in [0.05, 0.1) is 33.8 Å². The number of unbranched alkanes of at least 4 members (excludes halogenated alkanes) is 47. The largest absolute Gasteiger partial charge is 0.756 e. The van der Waals surface area contributed by atoms with Crippen molar-refractivity contribution in [3.05, 3.63) is 36.5 Å². The minimum Gasteiger partial charge on any atom is -0.756 e. The number of hydrogen-bond acceptors (Lipinski definition) is 7. The average molecular weight is 1190 g/mol. The molecule has 0 aromatic carbocycles. The van der Waals surface area contributed by atoms with Crippen molar-refractivity contribution in [1.29, 1.82) is 0 Å². The number of phosphoric ester groups is 1. The highest BCUT2D eigenvalue weighted by Gasteiger charge is 2.27. The zero-order valence-corrected chi connectivity index (χ0v) is 57.1. The monoisotopic (exact) mass is 1190 g/mol. The number of nitrogens with zero attached hydrogens (tertiary/aromatic N) is 1. The Bertz CT molecular complexity index is 1510. The molecule has 0 fully saturated rings. The minimum atomic E-state index is -4.70. The Morgan fingerprint density at radius 1 is 0.422 bits per heavy atom. The summed E-state index contributed by atoms with van der Waals surface area (Å²) in [5.41, 5.74) is 0. The fourth-order valence-corrected chi connectivity index (χ4v) is 11.7. The first-order chi connectivity index (χ1) is 40.4. The molecular weight excluding hydrogens is 1050 g/mol. The number of likely N-dealkylation sites (N-methyl/N-ethyl adjacent to an activating group) is 1. The summed E-state index contributed by atoms with van der Waals surface area (Å²) in [5.74, 6) is -0.524. The highest BCUT2D eigenvalue weighted by atomic mass is 31.2. The highest BCUT2D eigenvalue weighted by Crippen LogP contribution is 2.38. The van der Waals surface area contributed by atoms with Gasteiger partial charge >= 0.3 is 5.97 Å². The molecule has 0 aromatic heterocycles. The van der Waals surface area contributed by atoms with E-state index < -0.39 is 20.0 Å². The Kier molecular flexibility index (Phi) is 61.9. The zero-order chi connectivity index (χ0) is 60.7. The van der Waals surface area contributed by atoms with E-state index in [0.717, 1.165) is 64.2 Å². The molecule has 9 nitrogen and oxygen atoms in total. The van der Waals surface area contributed by atoms with Crippen molar-refractivity contribution < 1.29 is 37.3 Å². The maximum absolute atomic E-state index is 13.6. The van der Waals surface area contributed by atoms with E-state index in [-0.39, 0.29) is 31.5 Å². The van der Waals surface area contributed by atoms with E-state index in [1.54, 1.807) is 0 Å². The smallest absolute Gasteiger partial charge is 0.306 e. The standard InChI is InChI=1S/C73H141N2O7P/c1-7-10-13-16-19-22-25-27-29-31-33-35-36-37-38-40-41-43-45-47-50-53-56-59-62-65-72(76)74-70(69-81-83(78,79)80-68-67-75(4,5)6)71(64-61-58-55-52-49-24-21-18-15-12-9-3)82-73(77)66-63-60-57-54-51-48-46-44-42-39-34-32-30-28-26-23-20-17-14-11-8-2/h20,23,28,30,61,64,70-71H,7-19,21-22,24-27,29,31-60,62-63,65-69H2,1-6H3,(H-,74,76,78,79)/b23-20-,30-28-,64-61+. The lowest BCUT2D eigenvalue weighted by atomic mass is 10.0. The lowest BCUT2D eigenvalue weighted by Gasteiger charge is -2.30. The van der Waals surface area contributed by atoms with Crippen molar-refractivity contribution in [3.63, 3.8) is 0 Å². The third kappa shape index (κ3) is 64.5. The number of hydrogen-bond donors (Lipinski definition) is 1. The molecule has 1 amide bonds. The molecule has 0 aliphatic rings. The maximum atomic E-state index is 13.6. The molecule has 0 aliphatic carbocycles. The molecule has 0 saturated heterocycles. The van der Waals surface area contributed by atoms with Crippen molar-refractivity contribution in [3.8, 4) is 0 Å². The van der Waals surface area contributed by atoms with E-state index in [1.807, 2.05) is 33.3 Å². The summed E-state index contributed by atoms with van der Waals surface area (Å²) in [6.45, 7) is 6.88. The van der Waals surface area contributed by atoms with Crippen LogP contribution in [0.1, 0.15) is 367 Å². The highest BCUT2D eigenvalue weighted by molar-refractivity contribution is 7.45. The van der Waals surface area contributed by atoms with Crippen LogP contribution in [0, 0.1) is 0 Å². The number of carbonyl (C=O) groups is 2. The van der Waals surface area contributed by atoms with E-state index >= 15 is 0 Å². The number of rotatable bonds is 67. The lowest BCUT2D eigenvalue weighted by Crippen LogP contribution is -2.47. The minimum absolute atomic E-state index is 0.0197. The van der Waals surface area contributed by atoms with Gasteiger partial charge in [0.2, 0.25) is 5.91 Å². The summed E-state index contributed by atoms with van der Waals surface area (Å²) in [4.78, 5) is 40.2. The molecular formula is C73H141N2O7P. The molecule has 0 rings (SSSR count). The fraction of sp³-hybridized carbons (Fsp3) is 0.890. The normalized spacial score (nSPS) is 13.7. The molecule has 490 valence electrons. The average Bonchev–Trinajstić information content (AvgIpc) is 3.51. The van der Waals surface area contributed by atoms with Crippen LogP contribution in [-0.4, -0.2) is 69.4 Å². The second-order valence-corrected chi connectivity index (χ2v) is 27.5. The topological polar surface area (TPSA) is 114 Å². The number of phosphoric acid groups is 1. The first kappa shape index (κ1) is 81.2. The van der Waals surface area contributed by atoms with Crippen LogP contribution in [0.3, 0.4) is 0 Å². The third-order valence-electron chi connectivity index (χ3n) is 16.6. The van der Waals surface area contributed by atoms with E-state index in [0.29, 0.717) is 17.4 Å². The van der Waals surface area contributed by atoms with Gasteiger partial charge < -0.3 is 28.5 Å². The Hall–Kier alpha value is -1.77. The molecule has 0 saturated carbocycles. The van der Waals surface area contributed by atoms with Crippen molar-refractivity contribution in [1.82, 2.24) is 5.32 Å². The fourth-order valence-electron chi connectivity index (χ4n) is 11.0. The number of ether oxygens (including phenoxy) is 1. The van der Waals surface area contributed by atoms with Crippen molar-refractivity contribution in [2.45, 2.75) is 380 Å².